The average molecular weight is 460 g/mol. The molecule has 1 aliphatic rings. The summed E-state index contributed by atoms with van der Waals surface area (Å²) in [5.41, 5.74) is 0.559. The fourth-order valence-corrected chi connectivity index (χ4v) is 4.10. The molecule has 3 nitrogen and oxygen atoms in total. The Morgan fingerprint density at radius 1 is 1.29 bits per heavy atom. The molecule has 1 fully saturated rings. The van der Waals surface area contributed by atoms with Crippen molar-refractivity contribution in [1.29, 1.82) is 0 Å². The molecule has 0 N–H and O–H groups in total. The highest BCUT2D eigenvalue weighted by molar-refractivity contribution is 14.1. The normalized spacial score (nSPS) is 26.9. The van der Waals surface area contributed by atoms with E-state index in [2.05, 4.69) is 69.5 Å². The maximum Gasteiger partial charge on any atom is 0.193 e. The van der Waals surface area contributed by atoms with Gasteiger partial charge in [0.05, 0.1) is 12.7 Å². The lowest BCUT2D eigenvalue weighted by Crippen LogP contribution is -2.51. The predicted octanol–water partition coefficient (Wildman–Crippen LogP) is 5.83. The molecule has 3 atom stereocenters. The Balaban J connectivity index is 2.19. The first-order valence-corrected chi connectivity index (χ1v) is 12.5. The Hall–Kier alpha value is -0.213. The molecule has 0 bridgehead atoms. The van der Waals surface area contributed by atoms with Crippen molar-refractivity contribution in [1.82, 2.24) is 0 Å². The quantitative estimate of drug-likeness (QED) is 0.409. The highest BCUT2D eigenvalue weighted by Gasteiger charge is 2.48. The van der Waals surface area contributed by atoms with Crippen LogP contribution >= 0.6 is 22.6 Å². The number of rotatable bonds is 5. The molecular weight excluding hydrogens is 431 g/mol. The fraction of sp³-hybridized carbons (Fsp3) is 0.579. The number of hydrogen-bond acceptors (Lipinski definition) is 3. The zero-order valence-electron chi connectivity index (χ0n) is 15.5. The van der Waals surface area contributed by atoms with Crippen molar-refractivity contribution in [2.75, 3.05) is 6.61 Å². The summed E-state index contributed by atoms with van der Waals surface area (Å²) in [6.45, 7) is 13.9. The van der Waals surface area contributed by atoms with Crippen molar-refractivity contribution >= 4 is 30.9 Å². The smallest absolute Gasteiger partial charge is 0.193 e. The van der Waals surface area contributed by atoms with Crippen LogP contribution in [-0.2, 0) is 13.9 Å². The third-order valence-electron chi connectivity index (χ3n) is 5.05. The minimum Gasteiger partial charge on any atom is -0.407 e. The van der Waals surface area contributed by atoms with Gasteiger partial charge in [0.25, 0.3) is 0 Å². The Kier molecular flexibility index (Phi) is 6.35. The van der Waals surface area contributed by atoms with E-state index >= 15 is 0 Å². The van der Waals surface area contributed by atoms with Gasteiger partial charge in [-0.05, 0) is 35.2 Å². The second kappa shape index (κ2) is 7.58. The third kappa shape index (κ3) is 4.49. The maximum atomic E-state index is 6.66. The fourth-order valence-electron chi connectivity index (χ4n) is 2.41. The molecule has 24 heavy (non-hydrogen) atoms. The molecule has 0 radical (unpaired) electrons. The van der Waals surface area contributed by atoms with E-state index in [0.717, 1.165) is 5.56 Å². The molecule has 134 valence electrons. The first-order valence-electron chi connectivity index (χ1n) is 8.38. The highest BCUT2D eigenvalue weighted by atomic mass is 127. The van der Waals surface area contributed by atoms with E-state index in [0.29, 0.717) is 6.61 Å². The van der Waals surface area contributed by atoms with Gasteiger partial charge < -0.3 is 13.9 Å². The SMILES string of the molecule is CC(C)(C)[Si](C)(C)O[C@H](/C=C/I)[C@]1(C)COC(c2ccccc2)O1. The number of halogens is 1. The van der Waals surface area contributed by atoms with E-state index in [-0.39, 0.29) is 17.4 Å². The van der Waals surface area contributed by atoms with Gasteiger partial charge in [0, 0.05) is 5.56 Å². The Bertz CT molecular complexity index is 568. The lowest BCUT2D eigenvalue weighted by atomic mass is 10.0. The van der Waals surface area contributed by atoms with Gasteiger partial charge >= 0.3 is 0 Å². The lowest BCUT2D eigenvalue weighted by molar-refractivity contribution is -0.112. The molecule has 1 unspecified atom stereocenters. The van der Waals surface area contributed by atoms with Gasteiger partial charge in [0.1, 0.15) is 5.60 Å². The monoisotopic (exact) mass is 460 g/mol. The van der Waals surface area contributed by atoms with Gasteiger partial charge in [-0.3, -0.25) is 0 Å². The third-order valence-corrected chi connectivity index (χ3v) is 9.92. The molecule has 1 aliphatic heterocycles. The van der Waals surface area contributed by atoms with Crippen LogP contribution in [0.1, 0.15) is 39.5 Å². The van der Waals surface area contributed by atoms with Gasteiger partial charge in [-0.2, -0.15) is 0 Å². The molecule has 0 aliphatic carbocycles. The van der Waals surface area contributed by atoms with Gasteiger partial charge in [-0.1, -0.05) is 73.7 Å². The topological polar surface area (TPSA) is 27.7 Å². The number of benzene rings is 1. The summed E-state index contributed by atoms with van der Waals surface area (Å²) in [5.74, 6) is 0. The van der Waals surface area contributed by atoms with Crippen molar-refractivity contribution in [3.8, 4) is 0 Å². The highest BCUT2D eigenvalue weighted by Crippen LogP contribution is 2.42. The van der Waals surface area contributed by atoms with Crippen molar-refractivity contribution in [3.05, 3.63) is 46.1 Å². The summed E-state index contributed by atoms with van der Waals surface area (Å²) in [5, 5.41) is 0.152. The second-order valence-corrected chi connectivity index (χ2v) is 13.6. The van der Waals surface area contributed by atoms with Crippen LogP contribution in [-0.4, -0.2) is 26.6 Å². The van der Waals surface area contributed by atoms with Crippen LogP contribution in [0.2, 0.25) is 18.1 Å². The largest absolute Gasteiger partial charge is 0.407 e. The maximum absolute atomic E-state index is 6.66. The summed E-state index contributed by atoms with van der Waals surface area (Å²) in [6, 6.07) is 10.1. The van der Waals surface area contributed by atoms with Crippen LogP contribution in [0.15, 0.2) is 40.5 Å². The summed E-state index contributed by atoms with van der Waals surface area (Å²) < 4.78 is 21.0. The predicted molar refractivity (Wildman–Crippen MR) is 110 cm³/mol. The summed E-state index contributed by atoms with van der Waals surface area (Å²) in [7, 11) is -1.91. The molecule has 5 heteroatoms. The average Bonchev–Trinajstić information content (AvgIpc) is 2.90. The Morgan fingerprint density at radius 2 is 1.92 bits per heavy atom. The van der Waals surface area contributed by atoms with Gasteiger partial charge in [-0.25, -0.2) is 0 Å². The lowest BCUT2D eigenvalue weighted by Gasteiger charge is -2.42. The van der Waals surface area contributed by atoms with Crippen LogP contribution in [0.25, 0.3) is 0 Å². The van der Waals surface area contributed by atoms with Crippen LogP contribution in [0.3, 0.4) is 0 Å². The Morgan fingerprint density at radius 3 is 2.46 bits per heavy atom. The molecule has 1 aromatic carbocycles. The van der Waals surface area contributed by atoms with Gasteiger partial charge in [0.2, 0.25) is 0 Å². The van der Waals surface area contributed by atoms with E-state index in [4.69, 9.17) is 13.9 Å². The first kappa shape index (κ1) is 20.1. The first-order chi connectivity index (χ1) is 11.1. The van der Waals surface area contributed by atoms with Crippen LogP contribution in [0.5, 0.6) is 0 Å². The standard InChI is InChI=1S/C19H29IO3Si/c1-18(2,3)24(5,6)23-16(12-13-20)19(4)14-21-17(22-19)15-10-8-7-9-11-15/h7-13,16-17H,14H2,1-6H3/b13-12+/t16-,17?,19+/m1/s1. The molecule has 0 saturated carbocycles. The van der Waals surface area contributed by atoms with E-state index < -0.39 is 13.9 Å². The minimum absolute atomic E-state index is 0.121. The van der Waals surface area contributed by atoms with Crippen LogP contribution < -0.4 is 0 Å². The van der Waals surface area contributed by atoms with Crippen molar-refractivity contribution < 1.29 is 13.9 Å². The minimum atomic E-state index is -1.91. The zero-order valence-corrected chi connectivity index (χ0v) is 18.7. The summed E-state index contributed by atoms with van der Waals surface area (Å²) >= 11 is 2.24. The van der Waals surface area contributed by atoms with Gasteiger partial charge in [0.15, 0.2) is 14.6 Å². The van der Waals surface area contributed by atoms with Crippen LogP contribution in [0.4, 0.5) is 0 Å². The number of ether oxygens (including phenoxy) is 2. The molecule has 2 rings (SSSR count). The molecule has 1 aromatic rings. The second-order valence-electron chi connectivity index (χ2n) is 8.10. The van der Waals surface area contributed by atoms with Crippen molar-refractivity contribution in [2.24, 2.45) is 0 Å². The van der Waals surface area contributed by atoms with E-state index in [1.807, 2.05) is 34.4 Å². The van der Waals surface area contributed by atoms with Crippen molar-refractivity contribution in [3.63, 3.8) is 0 Å². The summed E-state index contributed by atoms with van der Waals surface area (Å²) in [4.78, 5) is 0. The number of hydrogen-bond donors (Lipinski definition) is 0. The van der Waals surface area contributed by atoms with E-state index in [1.54, 1.807) is 0 Å². The molecular formula is C19H29IO3Si. The van der Waals surface area contributed by atoms with E-state index in [1.165, 1.54) is 0 Å². The molecule has 1 heterocycles. The van der Waals surface area contributed by atoms with Gasteiger partial charge in [-0.15, -0.1) is 0 Å². The zero-order chi connectivity index (χ0) is 18.0. The summed E-state index contributed by atoms with van der Waals surface area (Å²) in [6.07, 6.45) is 1.64. The molecule has 0 aromatic heterocycles. The van der Waals surface area contributed by atoms with Crippen molar-refractivity contribution in [2.45, 2.75) is 63.8 Å². The van der Waals surface area contributed by atoms with Crippen LogP contribution in [0, 0.1) is 0 Å². The Labute approximate surface area is 161 Å². The molecule has 0 amide bonds. The molecule has 0 spiro atoms. The van der Waals surface area contributed by atoms with E-state index in [9.17, 15) is 0 Å². The molecule has 1 saturated heterocycles.